The molecule has 142 valence electrons. The lowest BCUT2D eigenvalue weighted by Crippen LogP contribution is -2.36. The van der Waals surface area contributed by atoms with Crippen molar-refractivity contribution in [2.75, 3.05) is 40.5 Å². The van der Waals surface area contributed by atoms with Crippen LogP contribution in [0, 0.1) is 5.92 Å². The summed E-state index contributed by atoms with van der Waals surface area (Å²) >= 11 is 0. The second-order valence-corrected chi connectivity index (χ2v) is 7.25. The van der Waals surface area contributed by atoms with E-state index in [9.17, 15) is 0 Å². The molecule has 0 saturated heterocycles. The highest BCUT2D eigenvalue weighted by Gasteiger charge is 2.39. The minimum absolute atomic E-state index is 0.324. The van der Waals surface area contributed by atoms with Gasteiger partial charge in [0, 0.05) is 13.2 Å². The summed E-state index contributed by atoms with van der Waals surface area (Å²) < 4.78 is 16.3. The smallest absolute Gasteiger partial charge is 0.161 e. The molecule has 4 nitrogen and oxygen atoms in total. The average Bonchev–Trinajstić information content (AvgIpc) is 2.60. The van der Waals surface area contributed by atoms with Crippen LogP contribution < -0.4 is 14.8 Å². The number of nitrogens with one attached hydrogen (secondary N) is 1. The molecule has 1 aromatic carbocycles. The highest BCUT2D eigenvalue weighted by atomic mass is 16.5. The lowest BCUT2D eigenvalue weighted by Gasteiger charge is -2.44. The van der Waals surface area contributed by atoms with Crippen LogP contribution in [-0.4, -0.2) is 40.5 Å². The van der Waals surface area contributed by atoms with E-state index in [1.54, 1.807) is 14.2 Å². The molecule has 1 N–H and O–H groups in total. The summed E-state index contributed by atoms with van der Waals surface area (Å²) in [6, 6.07) is 6.47. The zero-order valence-electron chi connectivity index (χ0n) is 16.4. The van der Waals surface area contributed by atoms with Gasteiger partial charge in [-0.05, 0) is 68.2 Å². The van der Waals surface area contributed by atoms with Gasteiger partial charge in [0.2, 0.25) is 0 Å². The first-order chi connectivity index (χ1) is 12.1. The van der Waals surface area contributed by atoms with Gasteiger partial charge in [-0.25, -0.2) is 0 Å². The highest BCUT2D eigenvalue weighted by molar-refractivity contribution is 5.45. The van der Waals surface area contributed by atoms with Crippen molar-refractivity contribution >= 4 is 0 Å². The van der Waals surface area contributed by atoms with Gasteiger partial charge in [-0.15, -0.1) is 0 Å². The van der Waals surface area contributed by atoms with Crippen molar-refractivity contribution < 1.29 is 14.2 Å². The summed E-state index contributed by atoms with van der Waals surface area (Å²) in [6.07, 6.45) is 6.35. The number of benzene rings is 1. The van der Waals surface area contributed by atoms with Crippen LogP contribution in [0.3, 0.4) is 0 Å². The first-order valence-electron chi connectivity index (χ1n) is 9.66. The minimum Gasteiger partial charge on any atom is -0.493 e. The third-order valence-corrected chi connectivity index (χ3v) is 5.49. The summed E-state index contributed by atoms with van der Waals surface area (Å²) in [7, 11) is 3.41. The van der Waals surface area contributed by atoms with Crippen LogP contribution in [0.1, 0.15) is 51.5 Å². The van der Waals surface area contributed by atoms with Crippen molar-refractivity contribution in [3.05, 3.63) is 23.8 Å². The van der Waals surface area contributed by atoms with E-state index in [-0.39, 0.29) is 0 Å². The molecule has 1 aliphatic rings. The zero-order chi connectivity index (χ0) is 18.1. The Bertz CT molecular complexity index is 514. The van der Waals surface area contributed by atoms with Crippen molar-refractivity contribution in [1.29, 1.82) is 0 Å². The Morgan fingerprint density at radius 1 is 1.12 bits per heavy atom. The van der Waals surface area contributed by atoms with Gasteiger partial charge in [-0.2, -0.15) is 0 Å². The largest absolute Gasteiger partial charge is 0.493 e. The molecular weight excluding hydrogens is 314 g/mol. The van der Waals surface area contributed by atoms with E-state index in [0.29, 0.717) is 11.3 Å². The molecule has 1 fully saturated rings. The lowest BCUT2D eigenvalue weighted by atomic mass is 9.60. The molecule has 25 heavy (non-hydrogen) atoms. The molecule has 0 radical (unpaired) electrons. The predicted molar refractivity (Wildman–Crippen MR) is 103 cm³/mol. The van der Waals surface area contributed by atoms with Gasteiger partial charge in [0.05, 0.1) is 20.8 Å². The Morgan fingerprint density at radius 3 is 2.48 bits per heavy atom. The Kier molecular flexibility index (Phi) is 8.04. The van der Waals surface area contributed by atoms with Gasteiger partial charge in [-0.1, -0.05) is 19.4 Å². The molecule has 0 heterocycles. The molecule has 1 unspecified atom stereocenters. The van der Waals surface area contributed by atoms with Gasteiger partial charge in [0.15, 0.2) is 11.5 Å². The fraction of sp³-hybridized carbons (Fsp3) is 0.714. The lowest BCUT2D eigenvalue weighted by molar-refractivity contribution is 0.148. The SMILES string of the molecule is CCOCCNCCC(C)CC1(c2ccc(OC)c(OC)c2)CCC1. The van der Waals surface area contributed by atoms with Crippen LogP contribution >= 0.6 is 0 Å². The van der Waals surface area contributed by atoms with Crippen LogP contribution in [0.15, 0.2) is 18.2 Å². The van der Waals surface area contributed by atoms with Crippen molar-refractivity contribution in [2.24, 2.45) is 5.92 Å². The fourth-order valence-electron chi connectivity index (χ4n) is 3.91. The van der Waals surface area contributed by atoms with Crippen LogP contribution in [0.2, 0.25) is 0 Å². The summed E-state index contributed by atoms with van der Waals surface area (Å²) in [6.45, 7) is 8.03. The van der Waals surface area contributed by atoms with E-state index in [1.165, 1.54) is 37.7 Å². The fourth-order valence-corrected chi connectivity index (χ4v) is 3.91. The first kappa shape index (κ1) is 20.1. The number of ether oxygens (including phenoxy) is 3. The Morgan fingerprint density at radius 2 is 1.88 bits per heavy atom. The number of hydrogen-bond acceptors (Lipinski definition) is 4. The van der Waals surface area contributed by atoms with Crippen LogP contribution in [0.4, 0.5) is 0 Å². The van der Waals surface area contributed by atoms with Crippen LogP contribution in [0.5, 0.6) is 11.5 Å². The minimum atomic E-state index is 0.324. The summed E-state index contributed by atoms with van der Waals surface area (Å²) in [5.74, 6) is 2.36. The van der Waals surface area contributed by atoms with E-state index in [2.05, 4.69) is 24.4 Å². The topological polar surface area (TPSA) is 39.7 Å². The second-order valence-electron chi connectivity index (χ2n) is 7.25. The molecule has 1 atom stereocenters. The normalized spacial score (nSPS) is 17.0. The molecule has 1 aliphatic carbocycles. The van der Waals surface area contributed by atoms with Crippen LogP contribution in [-0.2, 0) is 10.2 Å². The average molecular weight is 350 g/mol. The highest BCUT2D eigenvalue weighted by Crippen LogP contribution is 2.50. The maximum Gasteiger partial charge on any atom is 0.161 e. The summed E-state index contributed by atoms with van der Waals surface area (Å²) in [5.41, 5.74) is 1.73. The molecule has 1 saturated carbocycles. The van der Waals surface area contributed by atoms with Crippen molar-refractivity contribution in [2.45, 2.75) is 51.4 Å². The van der Waals surface area contributed by atoms with Gasteiger partial charge in [-0.3, -0.25) is 0 Å². The number of hydrogen-bond donors (Lipinski definition) is 1. The standard InChI is InChI=1S/C21H35NO3/c1-5-25-14-13-22-12-9-17(2)16-21(10-6-11-21)18-7-8-19(23-3)20(15-18)24-4/h7-8,15,17,22H,5-6,9-14,16H2,1-4H3. The quantitative estimate of drug-likeness (QED) is 0.575. The molecule has 0 amide bonds. The first-order valence-corrected chi connectivity index (χ1v) is 9.66. The van der Waals surface area contributed by atoms with E-state index >= 15 is 0 Å². The molecule has 0 aliphatic heterocycles. The van der Waals surface area contributed by atoms with Crippen molar-refractivity contribution in [1.82, 2.24) is 5.32 Å². The monoisotopic (exact) mass is 349 g/mol. The zero-order valence-corrected chi connectivity index (χ0v) is 16.4. The van der Waals surface area contributed by atoms with E-state index in [4.69, 9.17) is 14.2 Å². The molecule has 0 aromatic heterocycles. The Labute approximate surface area is 153 Å². The summed E-state index contributed by atoms with van der Waals surface area (Å²) in [4.78, 5) is 0. The molecule has 1 aromatic rings. The molecule has 0 spiro atoms. The van der Waals surface area contributed by atoms with E-state index < -0.39 is 0 Å². The van der Waals surface area contributed by atoms with Gasteiger partial charge >= 0.3 is 0 Å². The Balaban J connectivity index is 1.89. The third-order valence-electron chi connectivity index (χ3n) is 5.49. The predicted octanol–water partition coefficient (Wildman–Crippen LogP) is 4.17. The molecule has 4 heteroatoms. The van der Waals surface area contributed by atoms with Crippen LogP contribution in [0.25, 0.3) is 0 Å². The van der Waals surface area contributed by atoms with Gasteiger partial charge < -0.3 is 19.5 Å². The van der Waals surface area contributed by atoms with Crippen molar-refractivity contribution in [3.63, 3.8) is 0 Å². The maximum atomic E-state index is 5.51. The van der Waals surface area contributed by atoms with E-state index in [1.807, 2.05) is 13.0 Å². The number of methoxy groups -OCH3 is 2. The van der Waals surface area contributed by atoms with E-state index in [0.717, 1.165) is 37.8 Å². The van der Waals surface area contributed by atoms with Gasteiger partial charge in [0.25, 0.3) is 0 Å². The second kappa shape index (κ2) is 10.0. The molecule has 2 rings (SSSR count). The summed E-state index contributed by atoms with van der Waals surface area (Å²) in [5, 5.41) is 3.48. The third kappa shape index (κ3) is 5.35. The molecule has 0 bridgehead atoms. The Hall–Kier alpha value is -1.26. The van der Waals surface area contributed by atoms with Crippen molar-refractivity contribution in [3.8, 4) is 11.5 Å². The number of rotatable bonds is 12. The maximum absolute atomic E-state index is 5.51. The van der Waals surface area contributed by atoms with Gasteiger partial charge in [0.1, 0.15) is 0 Å². The molecular formula is C21H35NO3.